The van der Waals surface area contributed by atoms with Crippen LogP contribution in [0.15, 0.2) is 45.7 Å². The maximum absolute atomic E-state index is 13.7. The average molecular weight is 366 g/mol. The van der Waals surface area contributed by atoms with Crippen LogP contribution in [0.4, 0.5) is 14.5 Å². The van der Waals surface area contributed by atoms with E-state index in [1.165, 1.54) is 12.1 Å². The number of halogens is 2. The van der Waals surface area contributed by atoms with E-state index in [1.54, 1.807) is 6.07 Å². The van der Waals surface area contributed by atoms with Gasteiger partial charge in [-0.05, 0) is 36.4 Å². The molecule has 5 nitrogen and oxygen atoms in total. The van der Waals surface area contributed by atoms with Gasteiger partial charge in [0.1, 0.15) is 22.0 Å². The third-order valence-electron chi connectivity index (χ3n) is 3.46. The van der Waals surface area contributed by atoms with Gasteiger partial charge < -0.3 is 4.42 Å². The summed E-state index contributed by atoms with van der Waals surface area (Å²) in [6.07, 6.45) is 0. The summed E-state index contributed by atoms with van der Waals surface area (Å²) < 4.78 is 59.5. The first-order chi connectivity index (χ1) is 11.6. The summed E-state index contributed by atoms with van der Waals surface area (Å²) >= 11 is 0. The van der Waals surface area contributed by atoms with Crippen molar-refractivity contribution in [2.75, 3.05) is 4.72 Å². The fourth-order valence-corrected chi connectivity index (χ4v) is 3.34. The van der Waals surface area contributed by atoms with Crippen LogP contribution < -0.4 is 4.72 Å². The molecule has 0 aliphatic rings. The normalized spacial score (nSPS) is 12.5. The number of aromatic nitrogens is 1. The Morgan fingerprint density at radius 3 is 2.48 bits per heavy atom. The first-order valence-electron chi connectivity index (χ1n) is 7.45. The van der Waals surface area contributed by atoms with Crippen LogP contribution in [0, 0.1) is 11.6 Å². The van der Waals surface area contributed by atoms with Gasteiger partial charge in [-0.1, -0.05) is 20.8 Å². The molecule has 3 rings (SSSR count). The largest absolute Gasteiger partial charge is 0.440 e. The molecule has 0 radical (unpaired) electrons. The molecular formula is C17H16F2N2O3S. The first-order valence-corrected chi connectivity index (χ1v) is 8.93. The lowest BCUT2D eigenvalue weighted by atomic mass is 9.97. The van der Waals surface area contributed by atoms with Gasteiger partial charge in [0.05, 0.1) is 5.69 Å². The van der Waals surface area contributed by atoms with Crippen molar-refractivity contribution in [2.45, 2.75) is 31.1 Å². The minimum Gasteiger partial charge on any atom is -0.440 e. The molecule has 0 saturated heterocycles. The van der Waals surface area contributed by atoms with E-state index in [4.69, 9.17) is 4.42 Å². The van der Waals surface area contributed by atoms with Crippen LogP contribution in [-0.2, 0) is 15.4 Å². The van der Waals surface area contributed by atoms with Gasteiger partial charge in [-0.25, -0.2) is 22.2 Å². The predicted octanol–water partition coefficient (Wildman–Crippen LogP) is 4.20. The Bertz CT molecular complexity index is 1050. The van der Waals surface area contributed by atoms with Crippen LogP contribution in [-0.4, -0.2) is 13.4 Å². The lowest BCUT2D eigenvalue weighted by Gasteiger charge is -2.11. The molecule has 3 aromatic rings. The number of oxazole rings is 1. The topological polar surface area (TPSA) is 72.2 Å². The van der Waals surface area contributed by atoms with Crippen LogP contribution in [0.3, 0.4) is 0 Å². The van der Waals surface area contributed by atoms with E-state index >= 15 is 0 Å². The van der Waals surface area contributed by atoms with E-state index in [0.29, 0.717) is 23.1 Å². The van der Waals surface area contributed by atoms with Crippen LogP contribution in [0.2, 0.25) is 0 Å². The van der Waals surface area contributed by atoms with E-state index in [0.717, 1.165) is 12.1 Å². The third kappa shape index (κ3) is 3.48. The van der Waals surface area contributed by atoms with Gasteiger partial charge in [-0.2, -0.15) is 0 Å². The number of anilines is 1. The van der Waals surface area contributed by atoms with Crippen LogP contribution in [0.5, 0.6) is 0 Å². The number of rotatable bonds is 3. The molecule has 1 N–H and O–H groups in total. The summed E-state index contributed by atoms with van der Waals surface area (Å²) in [4.78, 5) is 3.58. The van der Waals surface area contributed by atoms with Gasteiger partial charge in [0.2, 0.25) is 5.89 Å². The van der Waals surface area contributed by atoms with Gasteiger partial charge in [-0.3, -0.25) is 4.72 Å². The highest BCUT2D eigenvalue weighted by Gasteiger charge is 2.23. The zero-order chi connectivity index (χ0) is 18.4. The summed E-state index contributed by atoms with van der Waals surface area (Å²) in [6, 6.07) is 6.75. The van der Waals surface area contributed by atoms with Gasteiger partial charge >= 0.3 is 0 Å². The van der Waals surface area contributed by atoms with Crippen molar-refractivity contribution in [1.82, 2.24) is 4.98 Å². The molecular weight excluding hydrogens is 350 g/mol. The lowest BCUT2D eigenvalue weighted by Crippen LogP contribution is -2.14. The van der Waals surface area contributed by atoms with Crippen molar-refractivity contribution >= 4 is 26.8 Å². The van der Waals surface area contributed by atoms with Gasteiger partial charge in [-0.15, -0.1) is 0 Å². The molecule has 25 heavy (non-hydrogen) atoms. The smallest absolute Gasteiger partial charge is 0.264 e. The van der Waals surface area contributed by atoms with Crippen molar-refractivity contribution in [3.63, 3.8) is 0 Å². The molecule has 0 atom stereocenters. The number of nitrogens with one attached hydrogen (secondary N) is 1. The maximum atomic E-state index is 13.7. The minimum atomic E-state index is -4.28. The summed E-state index contributed by atoms with van der Waals surface area (Å²) in [5, 5.41) is 0. The molecule has 8 heteroatoms. The lowest BCUT2D eigenvalue weighted by molar-refractivity contribution is 0.411. The highest BCUT2D eigenvalue weighted by molar-refractivity contribution is 7.92. The number of sulfonamides is 1. The molecule has 0 aliphatic carbocycles. The zero-order valence-electron chi connectivity index (χ0n) is 13.8. The number of nitrogens with zero attached hydrogens (tertiary/aromatic N) is 1. The van der Waals surface area contributed by atoms with Crippen molar-refractivity contribution in [1.29, 1.82) is 0 Å². The standard InChI is InChI=1S/C17H16F2N2O3S/c1-17(2,3)16-20-13-9-11(5-7-14(13)24-16)21-25(22,23)15-8-10(18)4-6-12(15)19/h4-9,21H,1-3H3. The highest BCUT2D eigenvalue weighted by Crippen LogP contribution is 2.28. The van der Waals surface area contributed by atoms with Gasteiger partial charge in [0.15, 0.2) is 5.58 Å². The maximum Gasteiger partial charge on any atom is 0.264 e. The SMILES string of the molecule is CC(C)(C)c1nc2cc(NS(=O)(=O)c3cc(F)ccc3F)ccc2o1. The Kier molecular flexibility index (Phi) is 4.03. The van der Waals surface area contributed by atoms with E-state index in [9.17, 15) is 17.2 Å². The Labute approximate surface area is 143 Å². The zero-order valence-corrected chi connectivity index (χ0v) is 14.6. The molecule has 1 aromatic heterocycles. The Balaban J connectivity index is 1.98. The van der Waals surface area contributed by atoms with E-state index in [-0.39, 0.29) is 11.1 Å². The number of benzene rings is 2. The fourth-order valence-electron chi connectivity index (χ4n) is 2.20. The van der Waals surface area contributed by atoms with Gasteiger partial charge in [0.25, 0.3) is 10.0 Å². The summed E-state index contributed by atoms with van der Waals surface area (Å²) in [6.45, 7) is 5.82. The Morgan fingerprint density at radius 1 is 1.08 bits per heavy atom. The monoisotopic (exact) mass is 366 g/mol. The Morgan fingerprint density at radius 2 is 1.80 bits per heavy atom. The first kappa shape index (κ1) is 17.3. The molecule has 0 amide bonds. The predicted molar refractivity (Wildman–Crippen MR) is 89.9 cm³/mol. The molecule has 2 aromatic carbocycles. The van der Waals surface area contributed by atoms with Crippen molar-refractivity contribution in [3.8, 4) is 0 Å². The Hall–Kier alpha value is -2.48. The molecule has 1 heterocycles. The molecule has 0 bridgehead atoms. The summed E-state index contributed by atoms with van der Waals surface area (Å²) in [5.74, 6) is -1.37. The van der Waals surface area contributed by atoms with Crippen molar-refractivity contribution in [2.24, 2.45) is 0 Å². The minimum absolute atomic E-state index is 0.171. The summed E-state index contributed by atoms with van der Waals surface area (Å²) in [5.41, 5.74) is 0.836. The van der Waals surface area contributed by atoms with E-state index in [1.807, 2.05) is 20.8 Å². The van der Waals surface area contributed by atoms with E-state index in [2.05, 4.69) is 9.71 Å². The molecule has 0 aliphatic heterocycles. The van der Waals surface area contributed by atoms with Crippen LogP contribution >= 0.6 is 0 Å². The van der Waals surface area contributed by atoms with Crippen LogP contribution in [0.25, 0.3) is 11.1 Å². The molecule has 0 spiro atoms. The van der Waals surface area contributed by atoms with Gasteiger partial charge in [0, 0.05) is 5.41 Å². The second-order valence-corrected chi connectivity index (χ2v) is 8.28. The molecule has 0 saturated carbocycles. The molecule has 0 unspecified atom stereocenters. The second-order valence-electron chi connectivity index (χ2n) is 6.63. The highest BCUT2D eigenvalue weighted by atomic mass is 32.2. The van der Waals surface area contributed by atoms with Crippen molar-refractivity contribution < 1.29 is 21.6 Å². The number of fused-ring (bicyclic) bond motifs is 1. The fraction of sp³-hybridized carbons (Fsp3) is 0.235. The number of hydrogen-bond donors (Lipinski definition) is 1. The number of hydrogen-bond acceptors (Lipinski definition) is 4. The average Bonchev–Trinajstić information content (AvgIpc) is 2.92. The molecule has 0 fully saturated rings. The molecule has 132 valence electrons. The second kappa shape index (κ2) is 5.80. The van der Waals surface area contributed by atoms with Crippen molar-refractivity contribution in [3.05, 3.63) is 53.9 Å². The third-order valence-corrected chi connectivity index (χ3v) is 4.86. The van der Waals surface area contributed by atoms with Crippen LogP contribution in [0.1, 0.15) is 26.7 Å². The summed E-state index contributed by atoms with van der Waals surface area (Å²) in [7, 11) is -4.28. The van der Waals surface area contributed by atoms with E-state index < -0.39 is 26.6 Å². The quantitative estimate of drug-likeness (QED) is 0.754.